The summed E-state index contributed by atoms with van der Waals surface area (Å²) in [5.74, 6) is -0.263. The Labute approximate surface area is 127 Å². The molecule has 0 aliphatic rings. The monoisotopic (exact) mass is 288 g/mol. The predicted octanol–water partition coefficient (Wildman–Crippen LogP) is 3.20. The minimum absolute atomic E-state index is 0.263. The van der Waals surface area contributed by atoms with Gasteiger partial charge in [0.25, 0.3) is 5.91 Å². The molecular formula is C17H12N4O. The Morgan fingerprint density at radius 2 is 1.91 bits per heavy atom. The summed E-state index contributed by atoms with van der Waals surface area (Å²) in [4.78, 5) is 12.1. The van der Waals surface area contributed by atoms with E-state index in [-0.39, 0.29) is 5.91 Å². The van der Waals surface area contributed by atoms with E-state index in [1.807, 2.05) is 36.4 Å². The zero-order valence-electron chi connectivity index (χ0n) is 11.6. The number of nitriles is 1. The van der Waals surface area contributed by atoms with Crippen molar-refractivity contribution in [1.29, 1.82) is 5.26 Å². The number of H-pyrrole nitrogens is 1. The van der Waals surface area contributed by atoms with Crippen LogP contribution in [-0.4, -0.2) is 16.1 Å². The van der Waals surface area contributed by atoms with Crippen molar-refractivity contribution in [1.82, 2.24) is 10.2 Å². The van der Waals surface area contributed by atoms with Gasteiger partial charge in [-0.25, -0.2) is 0 Å². The molecule has 0 unspecified atom stereocenters. The van der Waals surface area contributed by atoms with Gasteiger partial charge >= 0.3 is 0 Å². The van der Waals surface area contributed by atoms with Gasteiger partial charge in [-0.3, -0.25) is 9.89 Å². The average molecular weight is 288 g/mol. The van der Waals surface area contributed by atoms with E-state index >= 15 is 0 Å². The van der Waals surface area contributed by atoms with Crippen LogP contribution in [0.2, 0.25) is 0 Å². The Kier molecular flexibility index (Phi) is 3.67. The molecule has 0 radical (unpaired) electrons. The van der Waals surface area contributed by atoms with Crippen LogP contribution in [0, 0.1) is 11.3 Å². The number of amides is 1. The number of benzene rings is 2. The summed E-state index contributed by atoms with van der Waals surface area (Å²) in [6, 6.07) is 20.0. The summed E-state index contributed by atoms with van der Waals surface area (Å²) in [5, 5.41) is 18.6. The molecule has 0 atom stereocenters. The first-order valence-corrected chi connectivity index (χ1v) is 6.68. The third-order valence-electron chi connectivity index (χ3n) is 3.14. The highest BCUT2D eigenvalue weighted by molar-refractivity contribution is 6.03. The molecule has 0 saturated carbocycles. The lowest BCUT2D eigenvalue weighted by molar-refractivity contribution is 0.102. The number of nitrogens with one attached hydrogen (secondary N) is 2. The molecule has 0 spiro atoms. The molecule has 0 bridgehead atoms. The lowest BCUT2D eigenvalue weighted by Gasteiger charge is -2.01. The van der Waals surface area contributed by atoms with Gasteiger partial charge in [0.05, 0.1) is 17.3 Å². The van der Waals surface area contributed by atoms with Gasteiger partial charge in [-0.2, -0.15) is 10.4 Å². The van der Waals surface area contributed by atoms with Gasteiger partial charge in [0.2, 0.25) is 0 Å². The van der Waals surface area contributed by atoms with E-state index in [0.29, 0.717) is 17.0 Å². The first-order valence-electron chi connectivity index (χ1n) is 6.68. The summed E-state index contributed by atoms with van der Waals surface area (Å²) in [6.07, 6.45) is 0. The molecular weight excluding hydrogens is 276 g/mol. The van der Waals surface area contributed by atoms with Crippen molar-refractivity contribution in [3.8, 4) is 17.3 Å². The largest absolute Gasteiger partial charge is 0.321 e. The molecule has 5 heteroatoms. The zero-order chi connectivity index (χ0) is 15.4. The van der Waals surface area contributed by atoms with Gasteiger partial charge in [0.15, 0.2) is 0 Å². The van der Waals surface area contributed by atoms with Crippen molar-refractivity contribution >= 4 is 11.6 Å². The van der Waals surface area contributed by atoms with Crippen LogP contribution >= 0.6 is 0 Å². The van der Waals surface area contributed by atoms with Gasteiger partial charge < -0.3 is 5.32 Å². The van der Waals surface area contributed by atoms with Crippen molar-refractivity contribution in [3.05, 3.63) is 71.9 Å². The Bertz CT molecular complexity index is 846. The molecule has 22 heavy (non-hydrogen) atoms. The molecule has 5 nitrogen and oxygen atoms in total. The summed E-state index contributed by atoms with van der Waals surface area (Å²) < 4.78 is 0. The maximum absolute atomic E-state index is 12.1. The lowest BCUT2D eigenvalue weighted by Crippen LogP contribution is -2.12. The van der Waals surface area contributed by atoms with Gasteiger partial charge in [0.1, 0.15) is 5.69 Å². The lowest BCUT2D eigenvalue weighted by atomic mass is 10.1. The van der Waals surface area contributed by atoms with E-state index in [1.54, 1.807) is 24.3 Å². The number of aromatic nitrogens is 2. The molecule has 106 valence electrons. The van der Waals surface area contributed by atoms with E-state index in [9.17, 15) is 4.79 Å². The molecule has 3 rings (SSSR count). The first kappa shape index (κ1) is 13.6. The summed E-state index contributed by atoms with van der Waals surface area (Å²) >= 11 is 0. The molecule has 0 fully saturated rings. The minimum Gasteiger partial charge on any atom is -0.321 e. The molecule has 0 saturated heterocycles. The molecule has 1 heterocycles. The number of carbonyl (C=O) groups excluding carboxylic acids is 1. The topological polar surface area (TPSA) is 81.6 Å². The van der Waals surface area contributed by atoms with Gasteiger partial charge in [-0.1, -0.05) is 30.3 Å². The predicted molar refractivity (Wildman–Crippen MR) is 83.1 cm³/mol. The molecule has 3 aromatic rings. The van der Waals surface area contributed by atoms with Crippen molar-refractivity contribution < 1.29 is 4.79 Å². The number of hydrogen-bond acceptors (Lipinski definition) is 3. The van der Waals surface area contributed by atoms with Crippen molar-refractivity contribution in [2.45, 2.75) is 0 Å². The fourth-order valence-corrected chi connectivity index (χ4v) is 2.05. The summed E-state index contributed by atoms with van der Waals surface area (Å²) in [7, 11) is 0. The second kappa shape index (κ2) is 5.94. The van der Waals surface area contributed by atoms with Gasteiger partial charge in [-0.05, 0) is 30.3 Å². The molecule has 2 N–H and O–H groups in total. The molecule has 1 amide bonds. The average Bonchev–Trinajstić information content (AvgIpc) is 3.06. The standard InChI is InChI=1S/C17H12N4O/c18-11-12-5-4-6-13(9-12)15-10-16(21-20-15)17(22)19-14-7-2-1-3-8-14/h1-10H,(H,19,22)(H,20,21). The third-order valence-corrected chi connectivity index (χ3v) is 3.14. The number of anilines is 1. The SMILES string of the molecule is N#Cc1cccc(-c2cc(C(=O)Nc3ccccc3)[nH]n2)c1. The molecule has 0 aliphatic heterocycles. The number of hydrogen-bond donors (Lipinski definition) is 2. The van der Waals surface area contributed by atoms with Crippen LogP contribution < -0.4 is 5.32 Å². The second-order valence-electron chi connectivity index (χ2n) is 4.68. The molecule has 0 aliphatic carbocycles. The van der Waals surface area contributed by atoms with Crippen LogP contribution in [0.5, 0.6) is 0 Å². The van der Waals surface area contributed by atoms with Crippen molar-refractivity contribution in [3.63, 3.8) is 0 Å². The molecule has 1 aromatic heterocycles. The Morgan fingerprint density at radius 3 is 2.68 bits per heavy atom. The first-order chi connectivity index (χ1) is 10.8. The van der Waals surface area contributed by atoms with E-state index in [2.05, 4.69) is 21.6 Å². The van der Waals surface area contributed by atoms with Crippen LogP contribution in [0.15, 0.2) is 60.7 Å². The fourth-order valence-electron chi connectivity index (χ4n) is 2.05. The van der Waals surface area contributed by atoms with Crippen molar-refractivity contribution in [2.75, 3.05) is 5.32 Å². The number of rotatable bonds is 3. The van der Waals surface area contributed by atoms with Gasteiger partial charge in [0, 0.05) is 11.3 Å². The number of carbonyl (C=O) groups is 1. The van der Waals surface area contributed by atoms with E-state index in [1.165, 1.54) is 0 Å². The summed E-state index contributed by atoms with van der Waals surface area (Å²) in [6.45, 7) is 0. The molecule has 2 aromatic carbocycles. The number of aromatic amines is 1. The zero-order valence-corrected chi connectivity index (χ0v) is 11.6. The highest BCUT2D eigenvalue weighted by Crippen LogP contribution is 2.19. The summed E-state index contributed by atoms with van der Waals surface area (Å²) in [5.41, 5.74) is 3.04. The third kappa shape index (κ3) is 2.86. The normalized spacial score (nSPS) is 9.95. The Hall–Kier alpha value is -3.39. The highest BCUT2D eigenvalue weighted by Gasteiger charge is 2.11. The highest BCUT2D eigenvalue weighted by atomic mass is 16.1. The van der Waals surface area contributed by atoms with Crippen LogP contribution in [0.4, 0.5) is 5.69 Å². The van der Waals surface area contributed by atoms with Crippen LogP contribution in [0.3, 0.4) is 0 Å². The van der Waals surface area contributed by atoms with E-state index in [4.69, 9.17) is 5.26 Å². The number of para-hydroxylation sites is 1. The Morgan fingerprint density at radius 1 is 1.09 bits per heavy atom. The van der Waals surface area contributed by atoms with Crippen LogP contribution in [-0.2, 0) is 0 Å². The second-order valence-corrected chi connectivity index (χ2v) is 4.68. The van der Waals surface area contributed by atoms with E-state index in [0.717, 1.165) is 11.3 Å². The Balaban J connectivity index is 1.81. The van der Waals surface area contributed by atoms with Crippen LogP contribution in [0.25, 0.3) is 11.3 Å². The maximum atomic E-state index is 12.1. The number of nitrogens with zero attached hydrogens (tertiary/aromatic N) is 2. The van der Waals surface area contributed by atoms with Crippen LogP contribution in [0.1, 0.15) is 16.1 Å². The van der Waals surface area contributed by atoms with Gasteiger partial charge in [-0.15, -0.1) is 0 Å². The maximum Gasteiger partial charge on any atom is 0.273 e. The smallest absolute Gasteiger partial charge is 0.273 e. The van der Waals surface area contributed by atoms with Crippen molar-refractivity contribution in [2.24, 2.45) is 0 Å². The van der Waals surface area contributed by atoms with E-state index < -0.39 is 0 Å². The quantitative estimate of drug-likeness (QED) is 0.776. The fraction of sp³-hybridized carbons (Fsp3) is 0. The minimum atomic E-state index is -0.263.